The second-order valence-corrected chi connectivity index (χ2v) is 4.45. The number of nitrogens with one attached hydrogen (secondary N) is 1. The Morgan fingerprint density at radius 2 is 1.38 bits per heavy atom. The predicted octanol–water partition coefficient (Wildman–Crippen LogP) is 2.41. The molecule has 0 unspecified atom stereocenters. The van der Waals surface area contributed by atoms with E-state index in [1.807, 2.05) is 60.7 Å². The minimum Gasteiger partial charge on any atom is -0.370 e. The molecular formula is C16H17N3O2. The summed E-state index contributed by atoms with van der Waals surface area (Å²) in [5, 5.41) is 2.70. The van der Waals surface area contributed by atoms with E-state index in [0.717, 1.165) is 11.4 Å². The lowest BCUT2D eigenvalue weighted by Gasteiger charge is -2.23. The Morgan fingerprint density at radius 1 is 0.905 bits per heavy atom. The van der Waals surface area contributed by atoms with Gasteiger partial charge >= 0.3 is 6.03 Å². The van der Waals surface area contributed by atoms with E-state index < -0.39 is 5.91 Å². The molecule has 2 aromatic rings. The fraction of sp³-hybridized carbons (Fsp3) is 0.125. The minimum atomic E-state index is -0.443. The predicted molar refractivity (Wildman–Crippen MR) is 82.2 cm³/mol. The van der Waals surface area contributed by atoms with Gasteiger partial charge in [0.05, 0.1) is 11.4 Å². The SMILES string of the molecule is NC(=O)CCNC(=O)N(c1ccccc1)c1ccccc1. The Kier molecular flexibility index (Phi) is 4.93. The number of primary amides is 1. The fourth-order valence-electron chi connectivity index (χ4n) is 1.91. The lowest BCUT2D eigenvalue weighted by Crippen LogP contribution is -2.38. The summed E-state index contributed by atoms with van der Waals surface area (Å²) in [4.78, 5) is 24.7. The van der Waals surface area contributed by atoms with Gasteiger partial charge in [-0.2, -0.15) is 0 Å². The van der Waals surface area contributed by atoms with Crippen molar-refractivity contribution in [1.82, 2.24) is 5.32 Å². The molecule has 0 aliphatic carbocycles. The monoisotopic (exact) mass is 283 g/mol. The zero-order chi connectivity index (χ0) is 15.1. The van der Waals surface area contributed by atoms with Crippen LogP contribution in [0.3, 0.4) is 0 Å². The van der Waals surface area contributed by atoms with E-state index in [1.54, 1.807) is 4.90 Å². The van der Waals surface area contributed by atoms with Crippen molar-refractivity contribution >= 4 is 23.3 Å². The van der Waals surface area contributed by atoms with Gasteiger partial charge in [0.25, 0.3) is 0 Å². The van der Waals surface area contributed by atoms with Crippen molar-refractivity contribution in [2.45, 2.75) is 6.42 Å². The van der Waals surface area contributed by atoms with E-state index in [-0.39, 0.29) is 19.0 Å². The van der Waals surface area contributed by atoms with Crippen molar-refractivity contribution in [3.05, 3.63) is 60.7 Å². The van der Waals surface area contributed by atoms with Crippen molar-refractivity contribution in [2.24, 2.45) is 5.73 Å². The van der Waals surface area contributed by atoms with Crippen molar-refractivity contribution in [1.29, 1.82) is 0 Å². The molecule has 0 aliphatic heterocycles. The molecule has 0 radical (unpaired) electrons. The van der Waals surface area contributed by atoms with Crippen molar-refractivity contribution in [3.63, 3.8) is 0 Å². The highest BCUT2D eigenvalue weighted by atomic mass is 16.2. The molecule has 0 aromatic heterocycles. The number of urea groups is 1. The molecule has 0 aliphatic rings. The van der Waals surface area contributed by atoms with Crippen LogP contribution in [0.5, 0.6) is 0 Å². The Bertz CT molecular complexity index is 560. The van der Waals surface area contributed by atoms with Gasteiger partial charge in [0.15, 0.2) is 0 Å². The normalized spacial score (nSPS) is 9.90. The van der Waals surface area contributed by atoms with Gasteiger partial charge in [-0.05, 0) is 24.3 Å². The Morgan fingerprint density at radius 3 is 1.81 bits per heavy atom. The highest BCUT2D eigenvalue weighted by Crippen LogP contribution is 2.24. The van der Waals surface area contributed by atoms with Crippen LogP contribution < -0.4 is 16.0 Å². The molecule has 0 heterocycles. The first-order valence-corrected chi connectivity index (χ1v) is 6.65. The Hall–Kier alpha value is -2.82. The molecule has 0 saturated heterocycles. The quantitative estimate of drug-likeness (QED) is 0.884. The van der Waals surface area contributed by atoms with Crippen LogP contribution in [-0.2, 0) is 4.79 Å². The van der Waals surface area contributed by atoms with Gasteiger partial charge in [-0.3, -0.25) is 9.69 Å². The molecule has 21 heavy (non-hydrogen) atoms. The summed E-state index contributed by atoms with van der Waals surface area (Å²) in [7, 11) is 0. The van der Waals surface area contributed by atoms with Gasteiger partial charge in [0.1, 0.15) is 0 Å². The highest BCUT2D eigenvalue weighted by Gasteiger charge is 2.17. The third-order valence-corrected chi connectivity index (χ3v) is 2.88. The van der Waals surface area contributed by atoms with Crippen LogP contribution in [-0.4, -0.2) is 18.5 Å². The lowest BCUT2D eigenvalue weighted by atomic mass is 10.2. The number of hydrogen-bond donors (Lipinski definition) is 2. The van der Waals surface area contributed by atoms with Gasteiger partial charge in [0, 0.05) is 13.0 Å². The molecule has 2 aromatic carbocycles. The topological polar surface area (TPSA) is 75.4 Å². The maximum absolute atomic E-state index is 12.4. The number of anilines is 2. The van der Waals surface area contributed by atoms with Crippen LogP contribution in [0.15, 0.2) is 60.7 Å². The summed E-state index contributed by atoms with van der Waals surface area (Å²) in [6.07, 6.45) is 0.114. The number of benzene rings is 2. The van der Waals surface area contributed by atoms with E-state index in [2.05, 4.69) is 5.32 Å². The summed E-state index contributed by atoms with van der Waals surface area (Å²) in [5.74, 6) is -0.443. The largest absolute Gasteiger partial charge is 0.370 e. The van der Waals surface area contributed by atoms with Gasteiger partial charge in [-0.15, -0.1) is 0 Å². The lowest BCUT2D eigenvalue weighted by molar-refractivity contribution is -0.117. The molecule has 3 amide bonds. The van der Waals surface area contributed by atoms with E-state index in [0.29, 0.717) is 0 Å². The fourth-order valence-corrected chi connectivity index (χ4v) is 1.91. The smallest absolute Gasteiger partial charge is 0.326 e. The molecule has 108 valence electrons. The molecule has 2 rings (SSSR count). The number of carbonyl (C=O) groups is 2. The zero-order valence-electron chi connectivity index (χ0n) is 11.5. The van der Waals surface area contributed by atoms with Crippen LogP contribution in [0.25, 0.3) is 0 Å². The first-order valence-electron chi connectivity index (χ1n) is 6.65. The van der Waals surface area contributed by atoms with Gasteiger partial charge < -0.3 is 11.1 Å². The third-order valence-electron chi connectivity index (χ3n) is 2.88. The summed E-state index contributed by atoms with van der Waals surface area (Å²) >= 11 is 0. The van der Waals surface area contributed by atoms with Gasteiger partial charge in [0.2, 0.25) is 5.91 Å². The molecular weight excluding hydrogens is 266 g/mol. The van der Waals surface area contributed by atoms with E-state index in [1.165, 1.54) is 0 Å². The molecule has 0 atom stereocenters. The molecule has 0 spiro atoms. The van der Waals surface area contributed by atoms with E-state index >= 15 is 0 Å². The summed E-state index contributed by atoms with van der Waals surface area (Å²) in [6.45, 7) is 0.213. The first-order chi connectivity index (χ1) is 10.2. The number of rotatable bonds is 5. The van der Waals surface area contributed by atoms with Crippen molar-refractivity contribution < 1.29 is 9.59 Å². The Balaban J connectivity index is 2.21. The molecule has 5 nitrogen and oxygen atoms in total. The summed E-state index contributed by atoms with van der Waals surface area (Å²) in [6, 6.07) is 18.3. The molecule has 3 N–H and O–H groups in total. The van der Waals surface area contributed by atoms with Crippen molar-refractivity contribution in [3.8, 4) is 0 Å². The van der Waals surface area contributed by atoms with Crippen LogP contribution >= 0.6 is 0 Å². The van der Waals surface area contributed by atoms with Gasteiger partial charge in [-0.1, -0.05) is 36.4 Å². The highest BCUT2D eigenvalue weighted by molar-refractivity contribution is 5.99. The second-order valence-electron chi connectivity index (χ2n) is 4.45. The third kappa shape index (κ3) is 4.07. The number of para-hydroxylation sites is 2. The standard InChI is InChI=1S/C16H17N3O2/c17-15(20)11-12-18-16(21)19(13-7-3-1-4-8-13)14-9-5-2-6-10-14/h1-10H,11-12H2,(H2,17,20)(H,18,21). The number of nitrogens with zero attached hydrogens (tertiary/aromatic N) is 1. The second kappa shape index (κ2) is 7.09. The summed E-state index contributed by atoms with van der Waals surface area (Å²) < 4.78 is 0. The summed E-state index contributed by atoms with van der Waals surface area (Å²) in [5.41, 5.74) is 6.57. The number of amides is 3. The average Bonchev–Trinajstić information content (AvgIpc) is 2.49. The minimum absolute atomic E-state index is 0.114. The average molecular weight is 283 g/mol. The van der Waals surface area contributed by atoms with Crippen LogP contribution in [0.1, 0.15) is 6.42 Å². The van der Waals surface area contributed by atoms with Crippen LogP contribution in [0.4, 0.5) is 16.2 Å². The maximum atomic E-state index is 12.4. The van der Waals surface area contributed by atoms with E-state index in [4.69, 9.17) is 5.73 Å². The molecule has 0 bridgehead atoms. The van der Waals surface area contributed by atoms with Crippen molar-refractivity contribution in [2.75, 3.05) is 11.4 Å². The number of nitrogens with two attached hydrogens (primary N) is 1. The first kappa shape index (κ1) is 14.6. The number of hydrogen-bond acceptors (Lipinski definition) is 2. The maximum Gasteiger partial charge on any atom is 0.326 e. The van der Waals surface area contributed by atoms with Crippen LogP contribution in [0.2, 0.25) is 0 Å². The zero-order valence-corrected chi connectivity index (χ0v) is 11.5. The Labute approximate surface area is 123 Å². The van der Waals surface area contributed by atoms with Gasteiger partial charge in [-0.25, -0.2) is 4.79 Å². The molecule has 5 heteroatoms. The molecule has 0 fully saturated rings. The van der Waals surface area contributed by atoms with E-state index in [9.17, 15) is 9.59 Å². The molecule has 0 saturated carbocycles. The van der Waals surface area contributed by atoms with Crippen LogP contribution in [0, 0.1) is 0 Å². The number of carbonyl (C=O) groups excluding carboxylic acids is 2.